The maximum Gasteiger partial charge on any atom is 0.120 e. The van der Waals surface area contributed by atoms with Gasteiger partial charge in [0, 0.05) is 29.7 Å². The molecule has 0 atom stereocenters. The van der Waals surface area contributed by atoms with Crippen molar-refractivity contribution >= 4 is 45.7 Å². The molecule has 0 aliphatic heterocycles. The van der Waals surface area contributed by atoms with Gasteiger partial charge in [0.25, 0.3) is 0 Å². The van der Waals surface area contributed by atoms with Gasteiger partial charge in [-0.1, -0.05) is 24.4 Å². The van der Waals surface area contributed by atoms with Crippen LogP contribution in [0, 0.1) is 0 Å². The van der Waals surface area contributed by atoms with Crippen molar-refractivity contribution in [2.45, 2.75) is 4.90 Å². The molecule has 0 spiro atoms. The number of thiocarbonyl (C=S) groups is 1. The third-order valence-corrected chi connectivity index (χ3v) is 4.26. The van der Waals surface area contributed by atoms with Crippen LogP contribution in [0.15, 0.2) is 53.7 Å². The summed E-state index contributed by atoms with van der Waals surface area (Å²) in [7, 11) is 2.02. The highest BCUT2D eigenvalue weighted by Crippen LogP contribution is 2.32. The summed E-state index contributed by atoms with van der Waals surface area (Å²) in [5.74, 6) is 0. The van der Waals surface area contributed by atoms with Crippen LogP contribution >= 0.6 is 24.2 Å². The second-order valence-corrected chi connectivity index (χ2v) is 6.21. The lowest BCUT2D eigenvalue weighted by Gasteiger charge is -2.18. The third-order valence-electron chi connectivity index (χ3n) is 3.12. The highest BCUT2D eigenvalue weighted by Gasteiger charge is 2.11. The second-order valence-electron chi connectivity index (χ2n) is 4.57. The maximum atomic E-state index is 5.70. The summed E-state index contributed by atoms with van der Waals surface area (Å²) in [6.07, 6.45) is 3.61. The molecule has 0 aliphatic rings. The van der Waals surface area contributed by atoms with Gasteiger partial charge in [0.2, 0.25) is 0 Å². The highest BCUT2D eigenvalue weighted by molar-refractivity contribution is 8.00. The number of nitrogens with zero attached hydrogens (tertiary/aromatic N) is 2. The molecular weight excluding hydrogens is 300 g/mol. The van der Waals surface area contributed by atoms with E-state index in [2.05, 4.69) is 20.3 Å². The molecule has 3 N–H and O–H groups in total. The predicted molar refractivity (Wildman–Crippen MR) is 92.7 cm³/mol. The minimum atomic E-state index is 0.375. The molecule has 0 aliphatic carbocycles. The number of nitrogens with two attached hydrogens (primary N) is 1. The Bertz CT molecular complexity index is 783. The molecule has 4 nitrogen and oxygen atoms in total. The quantitative estimate of drug-likeness (QED) is 0.571. The first-order valence-corrected chi connectivity index (χ1v) is 7.56. The number of aromatic nitrogens is 2. The topological polar surface area (TPSA) is 57.9 Å². The number of benzene rings is 1. The largest absolute Gasteiger partial charge is 0.388 e. The molecule has 106 valence electrons. The molecule has 3 aromatic rings. The van der Waals surface area contributed by atoms with Crippen LogP contribution in [0.5, 0.6) is 0 Å². The molecule has 2 heterocycles. The van der Waals surface area contributed by atoms with Crippen molar-refractivity contribution in [3.8, 4) is 0 Å². The molecule has 0 saturated carbocycles. The predicted octanol–water partition coefficient (Wildman–Crippen LogP) is 3.34. The van der Waals surface area contributed by atoms with E-state index in [1.165, 1.54) is 0 Å². The number of nitrogens with one attached hydrogen (secondary N) is 1. The highest BCUT2D eigenvalue weighted by atomic mass is 32.2. The number of pyridine rings is 1. The fraction of sp³-hybridized carbons (Fsp3) is 0.0667. The molecule has 1 aromatic carbocycles. The van der Waals surface area contributed by atoms with Crippen LogP contribution < -0.4 is 10.0 Å². The Morgan fingerprint density at radius 1 is 1.33 bits per heavy atom. The standard InChI is InChI=1S/C15H14N4S2/c1-19(21-11-5-3-7-17-9-11)13-6-2-4-10-8-12(15(16)20)18-14(10)13/h2-9,18H,1H3,(H2,16,20). The third kappa shape index (κ3) is 2.86. The molecule has 21 heavy (non-hydrogen) atoms. The zero-order valence-corrected chi connectivity index (χ0v) is 13.0. The number of anilines is 1. The Kier molecular flexibility index (Phi) is 3.81. The van der Waals surface area contributed by atoms with Gasteiger partial charge in [-0.05, 0) is 36.2 Å². The molecule has 3 rings (SSSR count). The van der Waals surface area contributed by atoms with Gasteiger partial charge < -0.3 is 15.0 Å². The number of H-pyrrole nitrogens is 1. The van der Waals surface area contributed by atoms with E-state index in [1.54, 1.807) is 18.1 Å². The lowest BCUT2D eigenvalue weighted by molar-refractivity contribution is 1.23. The summed E-state index contributed by atoms with van der Waals surface area (Å²) in [5.41, 5.74) is 8.58. The van der Waals surface area contributed by atoms with E-state index < -0.39 is 0 Å². The molecule has 0 bridgehead atoms. The summed E-state index contributed by atoms with van der Waals surface area (Å²) in [5, 5.41) is 1.09. The second kappa shape index (κ2) is 5.75. The van der Waals surface area contributed by atoms with E-state index in [1.807, 2.05) is 43.6 Å². The average Bonchev–Trinajstić information content (AvgIpc) is 2.92. The van der Waals surface area contributed by atoms with Gasteiger partial charge >= 0.3 is 0 Å². The van der Waals surface area contributed by atoms with Crippen molar-refractivity contribution in [3.63, 3.8) is 0 Å². The van der Waals surface area contributed by atoms with Gasteiger partial charge in [-0.15, -0.1) is 0 Å². The Morgan fingerprint density at radius 2 is 2.19 bits per heavy atom. The first kappa shape index (κ1) is 13.9. The van der Waals surface area contributed by atoms with E-state index in [9.17, 15) is 0 Å². The average molecular weight is 314 g/mol. The number of para-hydroxylation sites is 1. The summed E-state index contributed by atoms with van der Waals surface area (Å²) < 4.78 is 2.10. The number of hydrogen-bond acceptors (Lipinski definition) is 4. The first-order chi connectivity index (χ1) is 10.1. The van der Waals surface area contributed by atoms with Crippen molar-refractivity contribution in [2.24, 2.45) is 5.73 Å². The van der Waals surface area contributed by atoms with E-state index in [0.717, 1.165) is 27.2 Å². The zero-order valence-electron chi connectivity index (χ0n) is 11.4. The van der Waals surface area contributed by atoms with Gasteiger partial charge in [0.1, 0.15) is 4.99 Å². The molecule has 0 radical (unpaired) electrons. The SMILES string of the molecule is CN(Sc1cccnc1)c1cccc2cc(C(N)=S)[nH]c12. The van der Waals surface area contributed by atoms with Gasteiger partial charge in [-0.3, -0.25) is 4.98 Å². The van der Waals surface area contributed by atoms with Crippen LogP contribution in [-0.2, 0) is 0 Å². The van der Waals surface area contributed by atoms with Gasteiger partial charge in [0.05, 0.1) is 16.9 Å². The Balaban J connectivity index is 1.97. The van der Waals surface area contributed by atoms with Crippen LogP contribution in [-0.4, -0.2) is 22.0 Å². The van der Waals surface area contributed by atoms with Gasteiger partial charge in [-0.2, -0.15) is 0 Å². The Morgan fingerprint density at radius 3 is 2.90 bits per heavy atom. The van der Waals surface area contributed by atoms with Crippen LogP contribution in [0.2, 0.25) is 0 Å². The van der Waals surface area contributed by atoms with Gasteiger partial charge in [-0.25, -0.2) is 0 Å². The molecular formula is C15H14N4S2. The Hall–Kier alpha value is -2.05. The van der Waals surface area contributed by atoms with Crippen LogP contribution in [0.3, 0.4) is 0 Å². The van der Waals surface area contributed by atoms with Crippen molar-refractivity contribution in [1.29, 1.82) is 0 Å². The molecule has 0 unspecified atom stereocenters. The lowest BCUT2D eigenvalue weighted by Crippen LogP contribution is -2.09. The zero-order chi connectivity index (χ0) is 14.8. The fourth-order valence-corrected chi connectivity index (χ4v) is 3.07. The number of hydrogen-bond donors (Lipinski definition) is 2. The number of aromatic amines is 1. The van der Waals surface area contributed by atoms with Crippen molar-refractivity contribution < 1.29 is 0 Å². The van der Waals surface area contributed by atoms with Gasteiger partial charge in [0.15, 0.2) is 0 Å². The molecule has 0 fully saturated rings. The van der Waals surface area contributed by atoms with E-state index in [0.29, 0.717) is 4.99 Å². The van der Waals surface area contributed by atoms with Crippen LogP contribution in [0.25, 0.3) is 10.9 Å². The smallest absolute Gasteiger partial charge is 0.120 e. The van der Waals surface area contributed by atoms with Crippen LogP contribution in [0.4, 0.5) is 5.69 Å². The summed E-state index contributed by atoms with van der Waals surface area (Å²) in [4.78, 5) is 8.88. The van der Waals surface area contributed by atoms with Crippen molar-refractivity contribution in [3.05, 3.63) is 54.5 Å². The summed E-state index contributed by atoms with van der Waals surface area (Å²) in [6.45, 7) is 0. The Labute approximate surface area is 132 Å². The van der Waals surface area contributed by atoms with E-state index >= 15 is 0 Å². The molecule has 0 amide bonds. The number of rotatable bonds is 4. The lowest BCUT2D eigenvalue weighted by atomic mass is 10.2. The normalized spacial score (nSPS) is 10.7. The minimum absolute atomic E-state index is 0.375. The van der Waals surface area contributed by atoms with Crippen molar-refractivity contribution in [1.82, 2.24) is 9.97 Å². The summed E-state index contributed by atoms with van der Waals surface area (Å²) in [6, 6.07) is 12.1. The molecule has 2 aromatic heterocycles. The maximum absolute atomic E-state index is 5.70. The minimum Gasteiger partial charge on any atom is -0.388 e. The molecule has 6 heteroatoms. The van der Waals surface area contributed by atoms with E-state index in [4.69, 9.17) is 18.0 Å². The van der Waals surface area contributed by atoms with Crippen molar-refractivity contribution in [2.75, 3.05) is 11.4 Å². The number of fused-ring (bicyclic) bond motifs is 1. The first-order valence-electron chi connectivity index (χ1n) is 6.38. The van der Waals surface area contributed by atoms with E-state index in [-0.39, 0.29) is 0 Å². The fourth-order valence-electron chi connectivity index (χ4n) is 2.14. The van der Waals surface area contributed by atoms with Crippen LogP contribution in [0.1, 0.15) is 5.69 Å². The summed E-state index contributed by atoms with van der Waals surface area (Å²) >= 11 is 6.65. The monoisotopic (exact) mass is 314 g/mol. The molecule has 0 saturated heterocycles.